The lowest BCUT2D eigenvalue weighted by molar-refractivity contribution is -0.137. The van der Waals surface area contributed by atoms with Crippen LogP contribution in [0.25, 0.3) is 0 Å². The van der Waals surface area contributed by atoms with Gasteiger partial charge in [0.1, 0.15) is 0 Å². The fourth-order valence-corrected chi connectivity index (χ4v) is 2.72. The Balaban J connectivity index is 2.25. The van der Waals surface area contributed by atoms with E-state index < -0.39 is 5.97 Å². The fraction of sp³-hybridized carbons (Fsp3) is 0.316. The molecule has 0 heterocycles. The minimum atomic E-state index is -0.835. The van der Waals surface area contributed by atoms with Crippen molar-refractivity contribution < 1.29 is 19.5 Å². The van der Waals surface area contributed by atoms with Crippen LogP contribution in [0.4, 0.5) is 0 Å². The van der Waals surface area contributed by atoms with Crippen LogP contribution in [0.3, 0.4) is 0 Å². The first-order chi connectivity index (χ1) is 10.8. The number of rotatable bonds is 5. The van der Waals surface area contributed by atoms with Gasteiger partial charge in [-0.05, 0) is 38.3 Å². The summed E-state index contributed by atoms with van der Waals surface area (Å²) in [6, 6.07) is 7.52. The minimum absolute atomic E-state index is 0.0702. The lowest BCUT2D eigenvalue weighted by Crippen LogP contribution is -2.21. The third kappa shape index (κ3) is 3.65. The SMILES string of the molecule is CC1=C(C)C(=O)C(Cc2cccc(CCC(=O)O)c2)=C(C)C1=O. The molecule has 120 valence electrons. The number of carboxylic acids is 1. The molecule has 23 heavy (non-hydrogen) atoms. The third-order valence-electron chi connectivity index (χ3n) is 4.31. The Kier molecular flexibility index (Phi) is 4.94. The van der Waals surface area contributed by atoms with E-state index in [1.165, 1.54) is 0 Å². The number of aryl methyl sites for hydroxylation is 1. The number of ketones is 2. The monoisotopic (exact) mass is 312 g/mol. The molecule has 0 radical (unpaired) electrons. The summed E-state index contributed by atoms with van der Waals surface area (Å²) in [5.74, 6) is -0.979. The predicted molar refractivity (Wildman–Crippen MR) is 87.2 cm³/mol. The molecule has 1 aromatic rings. The molecule has 1 N–H and O–H groups in total. The van der Waals surface area contributed by atoms with Gasteiger partial charge in [-0.2, -0.15) is 0 Å². The van der Waals surface area contributed by atoms with Crippen molar-refractivity contribution in [3.8, 4) is 0 Å². The number of hydrogen-bond acceptors (Lipinski definition) is 3. The first kappa shape index (κ1) is 16.9. The largest absolute Gasteiger partial charge is 0.481 e. The van der Waals surface area contributed by atoms with Crippen LogP contribution in [0.2, 0.25) is 0 Å². The number of carboxylic acid groups (broad SMARTS) is 1. The van der Waals surface area contributed by atoms with Gasteiger partial charge >= 0.3 is 5.97 Å². The zero-order valence-electron chi connectivity index (χ0n) is 13.6. The molecule has 0 atom stereocenters. The lowest BCUT2D eigenvalue weighted by Gasteiger charge is -2.18. The molecule has 4 nitrogen and oxygen atoms in total. The van der Waals surface area contributed by atoms with Crippen LogP contribution in [0.15, 0.2) is 46.6 Å². The van der Waals surface area contributed by atoms with E-state index in [4.69, 9.17) is 5.11 Å². The molecule has 0 spiro atoms. The summed E-state index contributed by atoms with van der Waals surface area (Å²) < 4.78 is 0. The summed E-state index contributed by atoms with van der Waals surface area (Å²) >= 11 is 0. The van der Waals surface area contributed by atoms with E-state index in [-0.39, 0.29) is 18.0 Å². The van der Waals surface area contributed by atoms with Crippen molar-refractivity contribution in [2.75, 3.05) is 0 Å². The number of benzene rings is 1. The summed E-state index contributed by atoms with van der Waals surface area (Å²) in [7, 11) is 0. The van der Waals surface area contributed by atoms with Crippen molar-refractivity contribution in [1.82, 2.24) is 0 Å². The van der Waals surface area contributed by atoms with E-state index >= 15 is 0 Å². The van der Waals surface area contributed by atoms with Gasteiger partial charge in [-0.1, -0.05) is 24.3 Å². The standard InChI is InChI=1S/C19H20O4/c1-11-12(2)19(23)16(13(3)18(11)22)10-15-6-4-5-14(9-15)7-8-17(20)21/h4-6,9H,7-8,10H2,1-3H3,(H,20,21). The van der Waals surface area contributed by atoms with Crippen LogP contribution in [-0.4, -0.2) is 22.6 Å². The predicted octanol–water partition coefficient (Wildman–Crippen LogP) is 3.05. The molecule has 0 saturated carbocycles. The average molecular weight is 312 g/mol. The van der Waals surface area contributed by atoms with Gasteiger partial charge in [0.15, 0.2) is 11.6 Å². The zero-order chi connectivity index (χ0) is 17.1. The highest BCUT2D eigenvalue weighted by atomic mass is 16.4. The van der Waals surface area contributed by atoms with E-state index in [0.29, 0.717) is 35.1 Å². The summed E-state index contributed by atoms with van der Waals surface area (Å²) in [6.45, 7) is 5.06. The molecule has 1 aliphatic carbocycles. The molecular formula is C19H20O4. The Hall–Kier alpha value is -2.49. The van der Waals surface area contributed by atoms with Gasteiger partial charge in [0, 0.05) is 35.1 Å². The van der Waals surface area contributed by atoms with E-state index in [9.17, 15) is 14.4 Å². The number of Topliss-reactive ketones (excluding diaryl/α,β-unsaturated/α-hetero) is 2. The van der Waals surface area contributed by atoms with E-state index in [1.807, 2.05) is 24.3 Å². The third-order valence-corrected chi connectivity index (χ3v) is 4.31. The highest BCUT2D eigenvalue weighted by Gasteiger charge is 2.27. The summed E-state index contributed by atoms with van der Waals surface area (Å²) in [6.07, 6.45) is 0.914. The summed E-state index contributed by atoms with van der Waals surface area (Å²) in [5, 5.41) is 8.76. The maximum atomic E-state index is 12.5. The number of carbonyl (C=O) groups is 3. The van der Waals surface area contributed by atoms with Gasteiger partial charge in [0.25, 0.3) is 0 Å². The highest BCUT2D eigenvalue weighted by Crippen LogP contribution is 2.26. The van der Waals surface area contributed by atoms with Crippen molar-refractivity contribution in [3.63, 3.8) is 0 Å². The first-order valence-electron chi connectivity index (χ1n) is 7.57. The van der Waals surface area contributed by atoms with Crippen LogP contribution >= 0.6 is 0 Å². The van der Waals surface area contributed by atoms with E-state index in [1.54, 1.807) is 20.8 Å². The Bertz CT molecular complexity index is 750. The minimum Gasteiger partial charge on any atom is -0.481 e. The number of allylic oxidation sites excluding steroid dienone is 4. The number of aliphatic carboxylic acids is 1. The van der Waals surface area contributed by atoms with Crippen molar-refractivity contribution in [3.05, 3.63) is 57.7 Å². The molecule has 0 aromatic heterocycles. The molecule has 2 rings (SSSR count). The van der Waals surface area contributed by atoms with E-state index in [0.717, 1.165) is 11.1 Å². The molecule has 1 aromatic carbocycles. The van der Waals surface area contributed by atoms with Gasteiger partial charge in [-0.15, -0.1) is 0 Å². The second-order valence-electron chi connectivity index (χ2n) is 5.90. The van der Waals surface area contributed by atoms with Crippen molar-refractivity contribution in [2.45, 2.75) is 40.0 Å². The van der Waals surface area contributed by atoms with Gasteiger partial charge < -0.3 is 5.11 Å². The van der Waals surface area contributed by atoms with Crippen LogP contribution < -0.4 is 0 Å². The molecule has 0 bridgehead atoms. The highest BCUT2D eigenvalue weighted by molar-refractivity contribution is 6.24. The van der Waals surface area contributed by atoms with Crippen LogP contribution in [-0.2, 0) is 27.2 Å². The summed E-state index contributed by atoms with van der Waals surface area (Å²) in [5.41, 5.74) is 3.91. The normalized spacial score (nSPS) is 15.4. The van der Waals surface area contributed by atoms with Crippen molar-refractivity contribution >= 4 is 17.5 Å². The number of carbonyl (C=O) groups excluding carboxylic acids is 2. The molecule has 0 saturated heterocycles. The molecule has 1 aliphatic rings. The maximum Gasteiger partial charge on any atom is 0.303 e. The number of hydrogen-bond donors (Lipinski definition) is 1. The average Bonchev–Trinajstić information content (AvgIpc) is 2.53. The molecule has 0 unspecified atom stereocenters. The quantitative estimate of drug-likeness (QED) is 0.848. The lowest BCUT2D eigenvalue weighted by atomic mass is 9.83. The van der Waals surface area contributed by atoms with Crippen molar-refractivity contribution in [1.29, 1.82) is 0 Å². The topological polar surface area (TPSA) is 71.4 Å². The second kappa shape index (κ2) is 6.73. The Morgan fingerprint density at radius 2 is 1.57 bits per heavy atom. The van der Waals surface area contributed by atoms with Crippen molar-refractivity contribution in [2.24, 2.45) is 0 Å². The fourth-order valence-electron chi connectivity index (χ4n) is 2.72. The summed E-state index contributed by atoms with van der Waals surface area (Å²) in [4.78, 5) is 35.3. The molecule has 4 heteroatoms. The van der Waals surface area contributed by atoms with Crippen LogP contribution in [0.5, 0.6) is 0 Å². The van der Waals surface area contributed by atoms with E-state index in [2.05, 4.69) is 0 Å². The molecule has 0 amide bonds. The van der Waals surface area contributed by atoms with Crippen LogP contribution in [0.1, 0.15) is 38.3 Å². The van der Waals surface area contributed by atoms with Gasteiger partial charge in [0.2, 0.25) is 0 Å². The zero-order valence-corrected chi connectivity index (χ0v) is 13.6. The van der Waals surface area contributed by atoms with Gasteiger partial charge in [-0.25, -0.2) is 0 Å². The Labute approximate surface area is 135 Å². The first-order valence-corrected chi connectivity index (χ1v) is 7.57. The smallest absolute Gasteiger partial charge is 0.303 e. The Morgan fingerprint density at radius 3 is 2.22 bits per heavy atom. The van der Waals surface area contributed by atoms with Gasteiger partial charge in [-0.3, -0.25) is 14.4 Å². The molecule has 0 fully saturated rings. The maximum absolute atomic E-state index is 12.5. The molecule has 0 aliphatic heterocycles. The molecular weight excluding hydrogens is 292 g/mol. The van der Waals surface area contributed by atoms with Gasteiger partial charge in [0.05, 0.1) is 0 Å². The second-order valence-corrected chi connectivity index (χ2v) is 5.90. The van der Waals surface area contributed by atoms with Crippen LogP contribution in [0, 0.1) is 0 Å². The Morgan fingerprint density at radius 1 is 0.957 bits per heavy atom.